The highest BCUT2D eigenvalue weighted by Crippen LogP contribution is 2.25. The number of amides is 1. The maximum atomic E-state index is 12.1. The number of carbonyl (C=O) groups excluding carboxylic acids is 1. The standard InChI is InChI=1S/C11H13ClN2O3/c12-6-2-1-3-7(13)10(6)11(17)14-4-8(15)9(16)5-14/h1-3,8-9,15-16H,4-5,13H2. The van der Waals surface area contributed by atoms with Crippen LogP contribution in [-0.4, -0.2) is 46.3 Å². The first-order chi connectivity index (χ1) is 8.00. The van der Waals surface area contributed by atoms with Crippen LogP contribution in [0.15, 0.2) is 18.2 Å². The molecule has 1 aromatic carbocycles. The van der Waals surface area contributed by atoms with E-state index < -0.39 is 12.2 Å². The first kappa shape index (κ1) is 12.2. The zero-order valence-corrected chi connectivity index (χ0v) is 9.76. The summed E-state index contributed by atoms with van der Waals surface area (Å²) < 4.78 is 0. The maximum absolute atomic E-state index is 12.1. The topological polar surface area (TPSA) is 86.8 Å². The van der Waals surface area contributed by atoms with Gasteiger partial charge in [0.1, 0.15) is 0 Å². The number of nitrogens with zero attached hydrogens (tertiary/aromatic N) is 1. The summed E-state index contributed by atoms with van der Waals surface area (Å²) in [5, 5.41) is 19.1. The quantitative estimate of drug-likeness (QED) is 0.622. The molecule has 1 aliphatic rings. The Morgan fingerprint density at radius 2 is 1.94 bits per heavy atom. The summed E-state index contributed by atoms with van der Waals surface area (Å²) in [6.45, 7) is 0.176. The summed E-state index contributed by atoms with van der Waals surface area (Å²) in [5.41, 5.74) is 6.21. The summed E-state index contributed by atoms with van der Waals surface area (Å²) in [5.74, 6) is -0.372. The van der Waals surface area contributed by atoms with Gasteiger partial charge in [-0.05, 0) is 12.1 Å². The fraction of sp³-hybridized carbons (Fsp3) is 0.364. The monoisotopic (exact) mass is 256 g/mol. The average molecular weight is 257 g/mol. The van der Waals surface area contributed by atoms with Crippen molar-refractivity contribution in [2.45, 2.75) is 12.2 Å². The summed E-state index contributed by atoms with van der Waals surface area (Å²) in [4.78, 5) is 13.5. The SMILES string of the molecule is Nc1cccc(Cl)c1C(=O)N1CC(O)C(O)C1. The van der Waals surface area contributed by atoms with Gasteiger partial charge < -0.3 is 20.8 Å². The molecule has 0 aromatic heterocycles. The van der Waals surface area contributed by atoms with Crippen molar-refractivity contribution in [3.05, 3.63) is 28.8 Å². The molecule has 92 valence electrons. The molecule has 2 atom stereocenters. The Morgan fingerprint density at radius 1 is 1.35 bits per heavy atom. The third-order valence-corrected chi connectivity index (χ3v) is 3.12. The summed E-state index contributed by atoms with van der Waals surface area (Å²) in [6, 6.07) is 4.82. The van der Waals surface area contributed by atoms with Crippen molar-refractivity contribution in [1.82, 2.24) is 4.90 Å². The molecule has 17 heavy (non-hydrogen) atoms. The molecule has 1 amide bonds. The molecule has 1 aliphatic heterocycles. The predicted octanol–water partition coefficient (Wildman–Crippen LogP) is 0.0998. The van der Waals surface area contributed by atoms with Gasteiger partial charge in [-0.1, -0.05) is 17.7 Å². The van der Waals surface area contributed by atoms with Crippen molar-refractivity contribution >= 4 is 23.2 Å². The van der Waals surface area contributed by atoms with Crippen LogP contribution in [0.4, 0.5) is 5.69 Å². The van der Waals surface area contributed by atoms with Gasteiger partial charge in [-0.25, -0.2) is 0 Å². The molecule has 2 rings (SSSR count). The second-order valence-electron chi connectivity index (χ2n) is 4.05. The van der Waals surface area contributed by atoms with Crippen molar-refractivity contribution in [3.63, 3.8) is 0 Å². The average Bonchev–Trinajstić information content (AvgIpc) is 2.59. The summed E-state index contributed by atoms with van der Waals surface area (Å²) >= 11 is 5.92. The molecule has 0 spiro atoms. The lowest BCUT2D eigenvalue weighted by atomic mass is 10.1. The Kier molecular flexibility index (Phi) is 3.24. The van der Waals surface area contributed by atoms with Crippen molar-refractivity contribution < 1.29 is 15.0 Å². The van der Waals surface area contributed by atoms with Crippen molar-refractivity contribution in [2.24, 2.45) is 0 Å². The molecule has 4 N–H and O–H groups in total. The summed E-state index contributed by atoms with van der Waals surface area (Å²) in [6.07, 6.45) is -1.83. The fourth-order valence-electron chi connectivity index (χ4n) is 1.86. The maximum Gasteiger partial charge on any atom is 0.257 e. The number of hydrogen-bond acceptors (Lipinski definition) is 4. The highest BCUT2D eigenvalue weighted by molar-refractivity contribution is 6.34. The Morgan fingerprint density at radius 3 is 2.47 bits per heavy atom. The normalized spacial score (nSPS) is 24.1. The number of aliphatic hydroxyl groups excluding tert-OH is 2. The van der Waals surface area contributed by atoms with E-state index in [4.69, 9.17) is 17.3 Å². The first-order valence-corrected chi connectivity index (χ1v) is 5.58. The van der Waals surface area contributed by atoms with Gasteiger partial charge in [0.2, 0.25) is 0 Å². The van der Waals surface area contributed by atoms with Crippen LogP contribution in [0.5, 0.6) is 0 Å². The van der Waals surface area contributed by atoms with Crippen molar-refractivity contribution in [3.8, 4) is 0 Å². The van der Waals surface area contributed by atoms with Gasteiger partial charge >= 0.3 is 0 Å². The number of β-amino-alcohol motifs (C(OH)–C–C–N with tert-alkyl or cyclic N) is 2. The molecule has 1 fully saturated rings. The number of halogens is 1. The van der Waals surface area contributed by atoms with Crippen LogP contribution in [0.1, 0.15) is 10.4 Å². The van der Waals surface area contributed by atoms with E-state index in [0.717, 1.165) is 0 Å². The Balaban J connectivity index is 2.27. The Bertz CT molecular complexity index is 422. The lowest BCUT2D eigenvalue weighted by Gasteiger charge is -2.17. The molecule has 6 heteroatoms. The fourth-order valence-corrected chi connectivity index (χ4v) is 2.12. The number of nitrogen functional groups attached to an aromatic ring is 1. The minimum Gasteiger partial charge on any atom is -0.398 e. The third kappa shape index (κ3) is 2.22. The molecule has 5 nitrogen and oxygen atoms in total. The van der Waals surface area contributed by atoms with Crippen LogP contribution in [-0.2, 0) is 0 Å². The second kappa shape index (κ2) is 4.52. The van der Waals surface area contributed by atoms with Gasteiger partial charge in [0, 0.05) is 18.8 Å². The molecule has 0 radical (unpaired) electrons. The molecule has 1 saturated heterocycles. The molecular weight excluding hydrogens is 244 g/mol. The number of benzene rings is 1. The van der Waals surface area contributed by atoms with Gasteiger partial charge in [0.25, 0.3) is 5.91 Å². The van der Waals surface area contributed by atoms with Crippen molar-refractivity contribution in [2.75, 3.05) is 18.8 Å². The number of rotatable bonds is 1. The highest BCUT2D eigenvalue weighted by atomic mass is 35.5. The van der Waals surface area contributed by atoms with Crippen LogP contribution in [0.25, 0.3) is 0 Å². The number of aliphatic hydroxyl groups is 2. The molecule has 0 saturated carbocycles. The van der Waals surface area contributed by atoms with Gasteiger partial charge in [-0.2, -0.15) is 0 Å². The van der Waals surface area contributed by atoms with Gasteiger partial charge in [-0.3, -0.25) is 4.79 Å². The zero-order chi connectivity index (χ0) is 12.6. The van der Waals surface area contributed by atoms with Crippen LogP contribution < -0.4 is 5.73 Å². The van der Waals surface area contributed by atoms with Crippen LogP contribution in [0.3, 0.4) is 0 Å². The van der Waals surface area contributed by atoms with E-state index in [0.29, 0.717) is 5.69 Å². The smallest absolute Gasteiger partial charge is 0.257 e. The lowest BCUT2D eigenvalue weighted by Crippen LogP contribution is -2.30. The van der Waals surface area contributed by atoms with E-state index in [9.17, 15) is 15.0 Å². The number of likely N-dealkylation sites (tertiary alicyclic amines) is 1. The lowest BCUT2D eigenvalue weighted by molar-refractivity contribution is 0.0572. The third-order valence-electron chi connectivity index (χ3n) is 2.81. The van der Waals surface area contributed by atoms with Gasteiger partial charge in [-0.15, -0.1) is 0 Å². The molecule has 0 aliphatic carbocycles. The summed E-state index contributed by atoms with van der Waals surface area (Å²) in [7, 11) is 0. The zero-order valence-electron chi connectivity index (χ0n) is 9.01. The highest BCUT2D eigenvalue weighted by Gasteiger charge is 2.34. The van der Waals surface area contributed by atoms with E-state index in [2.05, 4.69) is 0 Å². The Labute approximate surface area is 103 Å². The number of nitrogens with two attached hydrogens (primary N) is 1. The van der Waals surface area contributed by atoms with E-state index in [1.807, 2.05) is 0 Å². The predicted molar refractivity (Wildman–Crippen MR) is 63.8 cm³/mol. The van der Waals surface area contributed by atoms with E-state index in [1.165, 1.54) is 4.90 Å². The number of anilines is 1. The van der Waals surface area contributed by atoms with E-state index in [1.54, 1.807) is 18.2 Å². The molecule has 1 aromatic rings. The minimum atomic E-state index is -0.914. The largest absolute Gasteiger partial charge is 0.398 e. The molecule has 2 unspecified atom stereocenters. The second-order valence-corrected chi connectivity index (χ2v) is 4.46. The number of hydrogen-bond donors (Lipinski definition) is 3. The first-order valence-electron chi connectivity index (χ1n) is 5.20. The van der Waals surface area contributed by atoms with Crippen LogP contribution >= 0.6 is 11.6 Å². The number of carbonyl (C=O) groups is 1. The Hall–Kier alpha value is -1.30. The molecule has 0 bridgehead atoms. The van der Waals surface area contributed by atoms with Gasteiger partial charge in [0.15, 0.2) is 0 Å². The van der Waals surface area contributed by atoms with Crippen LogP contribution in [0, 0.1) is 0 Å². The molecular formula is C11H13ClN2O3. The molecule has 1 heterocycles. The van der Waals surface area contributed by atoms with Crippen molar-refractivity contribution in [1.29, 1.82) is 0 Å². The minimum absolute atomic E-state index is 0.0880. The van der Waals surface area contributed by atoms with Crippen LogP contribution in [0.2, 0.25) is 5.02 Å². The van der Waals surface area contributed by atoms with E-state index in [-0.39, 0.29) is 29.6 Å². The van der Waals surface area contributed by atoms with Gasteiger partial charge in [0.05, 0.1) is 22.8 Å². The van der Waals surface area contributed by atoms with E-state index >= 15 is 0 Å².